The van der Waals surface area contributed by atoms with Gasteiger partial charge < -0.3 is 24.9 Å². The van der Waals surface area contributed by atoms with Gasteiger partial charge in [0, 0.05) is 6.20 Å². The van der Waals surface area contributed by atoms with Crippen molar-refractivity contribution in [3.63, 3.8) is 0 Å². The number of aliphatic hydroxyl groups excluding tert-OH is 1. The molecule has 3 rings (SSSR count). The van der Waals surface area contributed by atoms with Crippen LogP contribution in [-0.2, 0) is 11.3 Å². The van der Waals surface area contributed by atoms with E-state index in [2.05, 4.69) is 15.0 Å². The van der Waals surface area contributed by atoms with Crippen molar-refractivity contribution in [3.05, 3.63) is 36.0 Å². The first-order valence-corrected chi connectivity index (χ1v) is 8.12. The Morgan fingerprint density at radius 1 is 1.23 bits per heavy atom. The molecule has 26 heavy (non-hydrogen) atoms. The summed E-state index contributed by atoms with van der Waals surface area (Å²) in [5.74, 6) is -0.496. The Kier molecular flexibility index (Phi) is 4.99. The lowest BCUT2D eigenvalue weighted by Gasteiger charge is -2.12. The fraction of sp³-hybridized carbons (Fsp3) is 0.294. The second kappa shape index (κ2) is 7.36. The SMILES string of the molecule is CCOC(=O)c1nc2cc(-n3cnc(CO)c3)c(N)cc2nc1OCC. The summed E-state index contributed by atoms with van der Waals surface area (Å²) in [7, 11) is 0. The number of hydrogen-bond acceptors (Lipinski definition) is 8. The molecule has 0 bridgehead atoms. The summed E-state index contributed by atoms with van der Waals surface area (Å²) < 4.78 is 12.1. The smallest absolute Gasteiger partial charge is 0.362 e. The summed E-state index contributed by atoms with van der Waals surface area (Å²) >= 11 is 0. The summed E-state index contributed by atoms with van der Waals surface area (Å²) in [6, 6.07) is 3.34. The Balaban J connectivity index is 2.15. The van der Waals surface area contributed by atoms with Gasteiger partial charge in [-0.05, 0) is 26.0 Å². The van der Waals surface area contributed by atoms with E-state index in [0.29, 0.717) is 34.7 Å². The first kappa shape index (κ1) is 17.6. The lowest BCUT2D eigenvalue weighted by atomic mass is 10.2. The molecule has 0 saturated carbocycles. The third kappa shape index (κ3) is 3.29. The van der Waals surface area contributed by atoms with E-state index in [1.807, 2.05) is 0 Å². The van der Waals surface area contributed by atoms with Crippen molar-refractivity contribution in [3.8, 4) is 11.6 Å². The number of fused-ring (bicyclic) bond motifs is 1. The number of nitrogens with zero attached hydrogens (tertiary/aromatic N) is 4. The number of nitrogen functional groups attached to an aromatic ring is 1. The fourth-order valence-electron chi connectivity index (χ4n) is 2.46. The van der Waals surface area contributed by atoms with E-state index in [1.54, 1.807) is 36.7 Å². The summed E-state index contributed by atoms with van der Waals surface area (Å²) in [4.78, 5) is 25.0. The van der Waals surface area contributed by atoms with Crippen molar-refractivity contribution in [2.45, 2.75) is 20.5 Å². The average molecular weight is 357 g/mol. The highest BCUT2D eigenvalue weighted by Crippen LogP contribution is 2.26. The van der Waals surface area contributed by atoms with E-state index < -0.39 is 5.97 Å². The molecule has 0 fully saturated rings. The fourth-order valence-corrected chi connectivity index (χ4v) is 2.46. The number of aromatic nitrogens is 4. The minimum absolute atomic E-state index is 0.0126. The van der Waals surface area contributed by atoms with E-state index in [9.17, 15) is 9.90 Å². The highest BCUT2D eigenvalue weighted by Gasteiger charge is 2.20. The number of benzene rings is 1. The maximum absolute atomic E-state index is 12.2. The number of ether oxygens (including phenoxy) is 2. The van der Waals surface area contributed by atoms with Crippen LogP contribution in [0.15, 0.2) is 24.7 Å². The van der Waals surface area contributed by atoms with Gasteiger partial charge in [-0.25, -0.2) is 19.7 Å². The van der Waals surface area contributed by atoms with Gasteiger partial charge in [0.1, 0.15) is 0 Å². The standard InChI is InChI=1S/C17H19N5O4/c1-3-25-16-15(17(24)26-4-2)20-13-6-14(11(18)5-12(13)21-16)22-7-10(8-23)19-9-22/h5-7,9,23H,3-4,8,18H2,1-2H3. The molecule has 0 amide bonds. The van der Waals surface area contributed by atoms with Crippen molar-refractivity contribution in [2.24, 2.45) is 0 Å². The molecule has 0 radical (unpaired) electrons. The molecule has 0 spiro atoms. The number of anilines is 1. The molecule has 3 aromatic rings. The van der Waals surface area contributed by atoms with Crippen molar-refractivity contribution >= 4 is 22.7 Å². The molecular formula is C17H19N5O4. The number of nitrogens with two attached hydrogens (primary N) is 1. The van der Waals surface area contributed by atoms with Crippen LogP contribution in [0, 0.1) is 0 Å². The molecule has 0 aliphatic heterocycles. The van der Waals surface area contributed by atoms with Crippen LogP contribution < -0.4 is 10.5 Å². The molecule has 0 aliphatic rings. The summed E-state index contributed by atoms with van der Waals surface area (Å²) in [6.07, 6.45) is 3.20. The van der Waals surface area contributed by atoms with Gasteiger partial charge in [0.15, 0.2) is 0 Å². The monoisotopic (exact) mass is 357 g/mol. The summed E-state index contributed by atoms with van der Waals surface area (Å²) in [5.41, 5.74) is 8.65. The minimum atomic E-state index is -0.603. The molecule has 1 aromatic carbocycles. The van der Waals surface area contributed by atoms with Gasteiger partial charge in [0.25, 0.3) is 0 Å². The molecular weight excluding hydrogens is 338 g/mol. The predicted molar refractivity (Wildman–Crippen MR) is 94.1 cm³/mol. The average Bonchev–Trinajstić information content (AvgIpc) is 3.10. The molecule has 2 heterocycles. The molecule has 9 nitrogen and oxygen atoms in total. The second-order valence-corrected chi connectivity index (χ2v) is 5.36. The summed E-state index contributed by atoms with van der Waals surface area (Å²) in [5, 5.41) is 9.17. The Bertz CT molecular complexity index is 954. The van der Waals surface area contributed by atoms with Crippen LogP contribution in [0.2, 0.25) is 0 Å². The first-order valence-electron chi connectivity index (χ1n) is 8.12. The zero-order chi connectivity index (χ0) is 18.7. The molecule has 3 N–H and O–H groups in total. The molecule has 0 unspecified atom stereocenters. The third-order valence-electron chi connectivity index (χ3n) is 3.61. The number of carbonyl (C=O) groups excluding carboxylic acids is 1. The van der Waals surface area contributed by atoms with Crippen LogP contribution in [0.4, 0.5) is 5.69 Å². The molecule has 9 heteroatoms. The first-order chi connectivity index (χ1) is 12.6. The van der Waals surface area contributed by atoms with Crippen molar-refractivity contribution in [1.29, 1.82) is 0 Å². The summed E-state index contributed by atoms with van der Waals surface area (Å²) in [6.45, 7) is 3.87. The van der Waals surface area contributed by atoms with Gasteiger partial charge in [-0.2, -0.15) is 0 Å². The molecule has 0 atom stereocenters. The molecule has 136 valence electrons. The van der Waals surface area contributed by atoms with Gasteiger partial charge in [-0.3, -0.25) is 0 Å². The molecule has 0 aliphatic carbocycles. The zero-order valence-corrected chi connectivity index (χ0v) is 14.5. The lowest BCUT2D eigenvalue weighted by molar-refractivity contribution is 0.0514. The van der Waals surface area contributed by atoms with Crippen LogP contribution >= 0.6 is 0 Å². The van der Waals surface area contributed by atoms with Crippen LogP contribution in [0.3, 0.4) is 0 Å². The molecule has 2 aromatic heterocycles. The van der Waals surface area contributed by atoms with Crippen molar-refractivity contribution in [2.75, 3.05) is 18.9 Å². The number of rotatable bonds is 6. The lowest BCUT2D eigenvalue weighted by Crippen LogP contribution is -2.12. The number of aliphatic hydroxyl groups is 1. The Morgan fingerprint density at radius 2 is 2.00 bits per heavy atom. The largest absolute Gasteiger partial charge is 0.476 e. The Hall–Kier alpha value is -3.20. The Morgan fingerprint density at radius 3 is 2.65 bits per heavy atom. The van der Waals surface area contributed by atoms with E-state index >= 15 is 0 Å². The number of carbonyl (C=O) groups is 1. The number of esters is 1. The third-order valence-corrected chi connectivity index (χ3v) is 3.61. The normalized spacial score (nSPS) is 10.9. The van der Waals surface area contributed by atoms with E-state index in [0.717, 1.165) is 0 Å². The van der Waals surface area contributed by atoms with Gasteiger partial charge in [-0.15, -0.1) is 0 Å². The maximum Gasteiger partial charge on any atom is 0.362 e. The van der Waals surface area contributed by atoms with Crippen LogP contribution in [0.5, 0.6) is 5.88 Å². The minimum Gasteiger partial charge on any atom is -0.476 e. The highest BCUT2D eigenvalue weighted by atomic mass is 16.5. The van der Waals surface area contributed by atoms with Gasteiger partial charge in [-0.1, -0.05) is 0 Å². The Labute approximate surface area is 149 Å². The molecule has 0 saturated heterocycles. The van der Waals surface area contributed by atoms with Crippen LogP contribution in [0.1, 0.15) is 30.0 Å². The quantitative estimate of drug-likeness (QED) is 0.502. The highest BCUT2D eigenvalue weighted by molar-refractivity contribution is 5.93. The van der Waals surface area contributed by atoms with E-state index in [-0.39, 0.29) is 24.8 Å². The van der Waals surface area contributed by atoms with Gasteiger partial charge in [0.05, 0.1) is 54.3 Å². The van der Waals surface area contributed by atoms with Gasteiger partial charge >= 0.3 is 5.97 Å². The number of hydrogen-bond donors (Lipinski definition) is 2. The second-order valence-electron chi connectivity index (χ2n) is 5.36. The number of imidazole rings is 1. The van der Waals surface area contributed by atoms with Crippen LogP contribution in [0.25, 0.3) is 16.7 Å². The van der Waals surface area contributed by atoms with Crippen molar-refractivity contribution < 1.29 is 19.4 Å². The van der Waals surface area contributed by atoms with Gasteiger partial charge in [0.2, 0.25) is 11.6 Å². The van der Waals surface area contributed by atoms with E-state index in [4.69, 9.17) is 15.2 Å². The topological polar surface area (TPSA) is 125 Å². The van der Waals surface area contributed by atoms with E-state index in [1.165, 1.54) is 6.33 Å². The zero-order valence-electron chi connectivity index (χ0n) is 14.5. The maximum atomic E-state index is 12.2. The predicted octanol–water partition coefficient (Wildman–Crippen LogP) is 1.47. The van der Waals surface area contributed by atoms with Crippen molar-refractivity contribution in [1.82, 2.24) is 19.5 Å². The van der Waals surface area contributed by atoms with Crippen LogP contribution in [-0.4, -0.2) is 43.8 Å².